The predicted molar refractivity (Wildman–Crippen MR) is 112 cm³/mol. The molecule has 2 N–H and O–H groups in total. The molecule has 0 aliphatic heterocycles. The van der Waals surface area contributed by atoms with Crippen LogP contribution in [0.5, 0.6) is 5.75 Å². The van der Waals surface area contributed by atoms with Crippen LogP contribution in [-0.4, -0.2) is 45.4 Å². The Balaban J connectivity index is 2.01. The third kappa shape index (κ3) is 5.15. The van der Waals surface area contributed by atoms with Gasteiger partial charge in [-0.3, -0.25) is 4.79 Å². The highest BCUT2D eigenvalue weighted by atomic mass is 35.5. The second-order valence-electron chi connectivity index (χ2n) is 5.84. The van der Waals surface area contributed by atoms with Gasteiger partial charge >= 0.3 is 0 Å². The summed E-state index contributed by atoms with van der Waals surface area (Å²) in [7, 11) is -2.02. The first kappa shape index (κ1) is 22.0. The Hall–Kier alpha value is -2.29. The summed E-state index contributed by atoms with van der Waals surface area (Å²) in [4.78, 5) is 12.4. The molecule has 0 spiro atoms. The molecule has 0 aromatic heterocycles. The number of nitrogens with one attached hydrogen (secondary N) is 2. The molecule has 0 bridgehead atoms. The zero-order valence-electron chi connectivity index (χ0n) is 16.0. The maximum absolute atomic E-state index is 12.5. The van der Waals surface area contributed by atoms with Crippen LogP contribution in [0.1, 0.15) is 13.8 Å². The summed E-state index contributed by atoms with van der Waals surface area (Å²) in [5, 5.41) is 6.13. The minimum atomic E-state index is -3.52. The van der Waals surface area contributed by atoms with E-state index in [-0.39, 0.29) is 17.3 Å². The van der Waals surface area contributed by atoms with Crippen molar-refractivity contribution in [3.05, 3.63) is 47.5 Å². The molecule has 0 fully saturated rings. The Morgan fingerprint density at radius 2 is 1.75 bits per heavy atom. The molecule has 2 aromatic rings. The lowest BCUT2D eigenvalue weighted by molar-refractivity contribution is -0.114. The Kier molecular flexibility index (Phi) is 7.68. The smallest absolute Gasteiger partial charge is 0.243 e. The summed E-state index contributed by atoms with van der Waals surface area (Å²) in [6.07, 6.45) is 0. The van der Waals surface area contributed by atoms with Crippen molar-refractivity contribution in [1.82, 2.24) is 4.31 Å². The van der Waals surface area contributed by atoms with Crippen molar-refractivity contribution in [2.24, 2.45) is 0 Å². The largest absolute Gasteiger partial charge is 0.493 e. The zero-order valence-corrected chi connectivity index (χ0v) is 17.6. The zero-order chi connectivity index (χ0) is 20.7. The van der Waals surface area contributed by atoms with E-state index < -0.39 is 10.0 Å². The van der Waals surface area contributed by atoms with E-state index in [1.165, 1.54) is 23.5 Å². The number of carbonyl (C=O) groups is 1. The molecule has 0 heterocycles. The van der Waals surface area contributed by atoms with Crippen LogP contribution in [0.15, 0.2) is 47.4 Å². The van der Waals surface area contributed by atoms with Crippen LogP contribution in [-0.2, 0) is 14.8 Å². The molecule has 2 aromatic carbocycles. The molecule has 2 rings (SSSR count). The normalized spacial score (nSPS) is 11.3. The summed E-state index contributed by atoms with van der Waals surface area (Å²) in [5.41, 5.74) is 1.11. The van der Waals surface area contributed by atoms with E-state index in [0.29, 0.717) is 35.2 Å². The third-order valence-corrected chi connectivity index (χ3v) is 6.45. The van der Waals surface area contributed by atoms with Crippen molar-refractivity contribution in [3.63, 3.8) is 0 Å². The monoisotopic (exact) mass is 425 g/mol. The van der Waals surface area contributed by atoms with Gasteiger partial charge in [0.2, 0.25) is 15.9 Å². The number of ether oxygens (including phenoxy) is 1. The molecule has 0 radical (unpaired) electrons. The van der Waals surface area contributed by atoms with Crippen molar-refractivity contribution in [3.8, 4) is 5.75 Å². The molecule has 0 saturated carbocycles. The number of nitrogens with zero attached hydrogens (tertiary/aromatic N) is 1. The van der Waals surface area contributed by atoms with E-state index in [2.05, 4.69) is 10.6 Å². The number of benzene rings is 2. The number of anilines is 2. The molecular weight excluding hydrogens is 402 g/mol. The third-order valence-electron chi connectivity index (χ3n) is 4.09. The van der Waals surface area contributed by atoms with Crippen LogP contribution in [0.25, 0.3) is 0 Å². The van der Waals surface area contributed by atoms with Gasteiger partial charge in [0, 0.05) is 18.8 Å². The van der Waals surface area contributed by atoms with Crippen LogP contribution in [0, 0.1) is 0 Å². The van der Waals surface area contributed by atoms with Gasteiger partial charge in [0.25, 0.3) is 0 Å². The number of carbonyl (C=O) groups excluding carboxylic acids is 1. The molecule has 152 valence electrons. The van der Waals surface area contributed by atoms with E-state index in [1.54, 1.807) is 44.2 Å². The van der Waals surface area contributed by atoms with Gasteiger partial charge in [-0.05, 0) is 36.4 Å². The second kappa shape index (κ2) is 9.77. The van der Waals surface area contributed by atoms with E-state index in [4.69, 9.17) is 16.3 Å². The van der Waals surface area contributed by atoms with Crippen molar-refractivity contribution in [2.45, 2.75) is 18.7 Å². The summed E-state index contributed by atoms with van der Waals surface area (Å²) < 4.78 is 31.6. The number of amides is 1. The average molecular weight is 426 g/mol. The predicted octanol–water partition coefficient (Wildman–Crippen LogP) is 3.43. The molecule has 1 amide bonds. The number of methoxy groups -OCH3 is 1. The Morgan fingerprint density at radius 1 is 1.11 bits per heavy atom. The maximum atomic E-state index is 12.5. The highest BCUT2D eigenvalue weighted by molar-refractivity contribution is 7.89. The molecular formula is C19H24ClN3O4S. The minimum Gasteiger partial charge on any atom is -0.493 e. The molecule has 28 heavy (non-hydrogen) atoms. The van der Waals surface area contributed by atoms with E-state index in [9.17, 15) is 13.2 Å². The fourth-order valence-corrected chi connectivity index (χ4v) is 4.37. The SMILES string of the molecule is CCN(CC)S(=O)(=O)c1ccc(NC(=O)CNc2cccc(Cl)c2OC)cc1. The lowest BCUT2D eigenvalue weighted by Crippen LogP contribution is -2.30. The van der Waals surface area contributed by atoms with E-state index in [1.807, 2.05) is 0 Å². The van der Waals surface area contributed by atoms with Crippen molar-refractivity contribution in [2.75, 3.05) is 37.4 Å². The second-order valence-corrected chi connectivity index (χ2v) is 8.18. The fraction of sp³-hybridized carbons (Fsp3) is 0.316. The Bertz CT molecular complexity index is 913. The summed E-state index contributed by atoms with van der Waals surface area (Å²) in [6.45, 7) is 4.37. The van der Waals surface area contributed by atoms with Crippen LogP contribution in [0.4, 0.5) is 11.4 Å². The molecule has 0 aliphatic carbocycles. The van der Waals surface area contributed by atoms with E-state index >= 15 is 0 Å². The lowest BCUT2D eigenvalue weighted by atomic mass is 10.3. The number of para-hydroxylation sites is 1. The first-order valence-corrected chi connectivity index (χ1v) is 10.6. The summed E-state index contributed by atoms with van der Waals surface area (Å²) in [5.74, 6) is 0.171. The highest BCUT2D eigenvalue weighted by Gasteiger charge is 2.21. The van der Waals surface area contributed by atoms with Crippen LogP contribution in [0.3, 0.4) is 0 Å². The lowest BCUT2D eigenvalue weighted by Gasteiger charge is -2.18. The number of sulfonamides is 1. The molecule has 0 unspecified atom stereocenters. The number of halogens is 1. The van der Waals surface area contributed by atoms with Gasteiger partial charge in [0.05, 0.1) is 29.3 Å². The van der Waals surface area contributed by atoms with Crippen molar-refractivity contribution < 1.29 is 17.9 Å². The molecule has 0 aliphatic rings. The van der Waals surface area contributed by atoms with Gasteiger partial charge < -0.3 is 15.4 Å². The molecule has 9 heteroatoms. The fourth-order valence-electron chi connectivity index (χ4n) is 2.66. The van der Waals surface area contributed by atoms with Crippen molar-refractivity contribution in [1.29, 1.82) is 0 Å². The van der Waals surface area contributed by atoms with Gasteiger partial charge in [0.15, 0.2) is 5.75 Å². The Labute approximate surface area is 170 Å². The first-order valence-electron chi connectivity index (χ1n) is 8.79. The highest BCUT2D eigenvalue weighted by Crippen LogP contribution is 2.32. The van der Waals surface area contributed by atoms with Gasteiger partial charge in [-0.25, -0.2) is 8.42 Å². The molecule has 0 atom stereocenters. The van der Waals surface area contributed by atoms with Gasteiger partial charge in [-0.2, -0.15) is 4.31 Å². The number of hydrogen-bond acceptors (Lipinski definition) is 5. The maximum Gasteiger partial charge on any atom is 0.243 e. The molecule has 0 saturated heterocycles. The van der Waals surface area contributed by atoms with Crippen LogP contribution >= 0.6 is 11.6 Å². The standard InChI is InChI=1S/C19H24ClN3O4S/c1-4-23(5-2)28(25,26)15-11-9-14(10-12-15)22-18(24)13-21-17-8-6-7-16(20)19(17)27-3/h6-12,21H,4-5,13H2,1-3H3,(H,22,24). The quantitative estimate of drug-likeness (QED) is 0.642. The van der Waals surface area contributed by atoms with Crippen molar-refractivity contribution >= 4 is 38.9 Å². The number of hydrogen-bond donors (Lipinski definition) is 2. The summed E-state index contributed by atoms with van der Waals surface area (Å²) >= 11 is 6.05. The van der Waals surface area contributed by atoms with Crippen LogP contribution < -0.4 is 15.4 Å². The first-order chi connectivity index (χ1) is 13.3. The average Bonchev–Trinajstić information content (AvgIpc) is 2.67. The van der Waals surface area contributed by atoms with Gasteiger partial charge in [-0.15, -0.1) is 0 Å². The van der Waals surface area contributed by atoms with Crippen LogP contribution in [0.2, 0.25) is 5.02 Å². The van der Waals surface area contributed by atoms with Gasteiger partial charge in [0.1, 0.15) is 0 Å². The molecule has 7 nitrogen and oxygen atoms in total. The Morgan fingerprint density at radius 3 is 2.32 bits per heavy atom. The number of rotatable bonds is 9. The van der Waals surface area contributed by atoms with Gasteiger partial charge in [-0.1, -0.05) is 31.5 Å². The summed E-state index contributed by atoms with van der Waals surface area (Å²) in [6, 6.07) is 11.3. The van der Waals surface area contributed by atoms with E-state index in [0.717, 1.165) is 0 Å². The topological polar surface area (TPSA) is 87.7 Å². The minimum absolute atomic E-state index is 0.00377.